The van der Waals surface area contributed by atoms with Crippen molar-refractivity contribution in [2.75, 3.05) is 6.54 Å². The molecule has 0 saturated heterocycles. The summed E-state index contributed by atoms with van der Waals surface area (Å²) in [6, 6.07) is 3.93. The molecule has 0 fully saturated rings. The van der Waals surface area contributed by atoms with Crippen molar-refractivity contribution >= 4 is 0 Å². The van der Waals surface area contributed by atoms with E-state index >= 15 is 0 Å². The lowest BCUT2D eigenvalue weighted by molar-refractivity contribution is 0.911. The molecule has 1 aromatic rings. The Kier molecular flexibility index (Phi) is 3.11. The first-order valence-electron chi connectivity index (χ1n) is 3.75. The van der Waals surface area contributed by atoms with E-state index in [1.54, 1.807) is 6.20 Å². The van der Waals surface area contributed by atoms with Gasteiger partial charge in [-0.1, -0.05) is 5.11 Å². The zero-order chi connectivity index (χ0) is 8.81. The van der Waals surface area contributed by atoms with Crippen molar-refractivity contribution in [2.24, 2.45) is 5.11 Å². The number of pyridine rings is 1. The molecule has 0 atom stereocenters. The van der Waals surface area contributed by atoms with Gasteiger partial charge in [0.2, 0.25) is 0 Å². The third-order valence-corrected chi connectivity index (χ3v) is 1.50. The van der Waals surface area contributed by atoms with Gasteiger partial charge in [-0.25, -0.2) is 0 Å². The molecule has 1 aromatic heterocycles. The van der Waals surface area contributed by atoms with Crippen molar-refractivity contribution < 1.29 is 0 Å². The summed E-state index contributed by atoms with van der Waals surface area (Å²) in [4.78, 5) is 6.80. The number of hydrogen-bond donors (Lipinski definition) is 0. The van der Waals surface area contributed by atoms with Crippen molar-refractivity contribution in [2.45, 2.75) is 13.3 Å². The molecule has 0 amide bonds. The molecule has 0 aliphatic carbocycles. The van der Waals surface area contributed by atoms with Gasteiger partial charge in [0.1, 0.15) is 0 Å². The first-order chi connectivity index (χ1) is 5.83. The monoisotopic (exact) mass is 162 g/mol. The number of azide groups is 1. The standard InChI is InChI=1S/C8H10N4/c1-7-2-4-10-8(6-7)3-5-11-12-9/h2,4,6H,3,5H2,1H3. The Labute approximate surface area is 70.9 Å². The first-order valence-corrected chi connectivity index (χ1v) is 3.75. The Bertz CT molecular complexity index is 302. The van der Waals surface area contributed by atoms with Gasteiger partial charge < -0.3 is 0 Å². The van der Waals surface area contributed by atoms with Crippen LogP contribution >= 0.6 is 0 Å². The van der Waals surface area contributed by atoms with Crippen molar-refractivity contribution in [3.63, 3.8) is 0 Å². The van der Waals surface area contributed by atoms with E-state index in [1.807, 2.05) is 19.1 Å². The minimum Gasteiger partial charge on any atom is -0.261 e. The quantitative estimate of drug-likeness (QED) is 0.382. The summed E-state index contributed by atoms with van der Waals surface area (Å²) in [6.07, 6.45) is 2.48. The summed E-state index contributed by atoms with van der Waals surface area (Å²) in [5, 5.41) is 3.44. The van der Waals surface area contributed by atoms with Crippen LogP contribution in [0.3, 0.4) is 0 Å². The second-order valence-electron chi connectivity index (χ2n) is 2.53. The number of aromatic nitrogens is 1. The Morgan fingerprint density at radius 1 is 1.67 bits per heavy atom. The van der Waals surface area contributed by atoms with Gasteiger partial charge >= 0.3 is 0 Å². The molecule has 0 aromatic carbocycles. The average molecular weight is 162 g/mol. The second-order valence-corrected chi connectivity index (χ2v) is 2.53. The second kappa shape index (κ2) is 4.36. The zero-order valence-electron chi connectivity index (χ0n) is 6.94. The van der Waals surface area contributed by atoms with Crippen molar-refractivity contribution in [1.82, 2.24) is 4.98 Å². The Morgan fingerprint density at radius 3 is 3.17 bits per heavy atom. The van der Waals surface area contributed by atoms with Crippen molar-refractivity contribution in [3.05, 3.63) is 40.0 Å². The molecule has 0 spiro atoms. The van der Waals surface area contributed by atoms with E-state index in [2.05, 4.69) is 15.0 Å². The van der Waals surface area contributed by atoms with Gasteiger partial charge in [-0.15, -0.1) is 0 Å². The molecule has 0 aliphatic heterocycles. The van der Waals surface area contributed by atoms with E-state index in [0.29, 0.717) is 13.0 Å². The van der Waals surface area contributed by atoms with Crippen molar-refractivity contribution in [3.8, 4) is 0 Å². The molecule has 0 radical (unpaired) electrons. The minimum absolute atomic E-state index is 0.479. The van der Waals surface area contributed by atoms with Gasteiger partial charge in [-0.2, -0.15) is 0 Å². The zero-order valence-corrected chi connectivity index (χ0v) is 6.94. The fraction of sp³-hybridized carbons (Fsp3) is 0.375. The van der Waals surface area contributed by atoms with E-state index < -0.39 is 0 Å². The number of rotatable bonds is 3. The maximum atomic E-state index is 8.04. The number of hydrogen-bond acceptors (Lipinski definition) is 2. The van der Waals surface area contributed by atoms with E-state index in [4.69, 9.17) is 5.53 Å². The van der Waals surface area contributed by atoms with E-state index in [0.717, 1.165) is 5.69 Å². The van der Waals surface area contributed by atoms with Crippen LogP contribution in [0.5, 0.6) is 0 Å². The van der Waals surface area contributed by atoms with Crippen LogP contribution in [0.2, 0.25) is 0 Å². The van der Waals surface area contributed by atoms with Gasteiger partial charge in [-0.3, -0.25) is 4.98 Å². The fourth-order valence-electron chi connectivity index (χ4n) is 0.945. The summed E-state index contributed by atoms with van der Waals surface area (Å²) in [5.41, 5.74) is 10.2. The number of aryl methyl sites for hydroxylation is 1. The average Bonchev–Trinajstić information content (AvgIpc) is 2.05. The molecular weight excluding hydrogens is 152 g/mol. The van der Waals surface area contributed by atoms with Gasteiger partial charge in [0.25, 0.3) is 0 Å². The molecular formula is C8H10N4. The topological polar surface area (TPSA) is 61.7 Å². The van der Waals surface area contributed by atoms with Crippen LogP contribution in [0.15, 0.2) is 23.4 Å². The van der Waals surface area contributed by atoms with E-state index in [1.165, 1.54) is 5.56 Å². The van der Waals surface area contributed by atoms with Crippen LogP contribution in [-0.4, -0.2) is 11.5 Å². The van der Waals surface area contributed by atoms with Gasteiger partial charge in [0.05, 0.1) is 0 Å². The van der Waals surface area contributed by atoms with Crippen LogP contribution in [0.4, 0.5) is 0 Å². The molecule has 0 unspecified atom stereocenters. The Morgan fingerprint density at radius 2 is 2.50 bits per heavy atom. The van der Waals surface area contributed by atoms with Gasteiger partial charge in [0, 0.05) is 23.3 Å². The summed E-state index contributed by atoms with van der Waals surface area (Å²) in [5.74, 6) is 0. The first kappa shape index (κ1) is 8.56. The Hall–Kier alpha value is -1.54. The van der Waals surface area contributed by atoms with E-state index in [9.17, 15) is 0 Å². The highest BCUT2D eigenvalue weighted by Crippen LogP contribution is 2.00. The molecule has 4 nitrogen and oxygen atoms in total. The summed E-state index contributed by atoms with van der Waals surface area (Å²) >= 11 is 0. The molecule has 0 N–H and O–H groups in total. The predicted molar refractivity (Wildman–Crippen MR) is 46.7 cm³/mol. The largest absolute Gasteiger partial charge is 0.261 e. The molecule has 4 heteroatoms. The molecule has 0 bridgehead atoms. The Balaban J connectivity index is 2.57. The smallest absolute Gasteiger partial charge is 0.0407 e. The van der Waals surface area contributed by atoms with Gasteiger partial charge in [-0.05, 0) is 36.6 Å². The highest BCUT2D eigenvalue weighted by molar-refractivity contribution is 5.14. The lowest BCUT2D eigenvalue weighted by Gasteiger charge is -1.97. The van der Waals surface area contributed by atoms with Crippen LogP contribution in [-0.2, 0) is 6.42 Å². The third kappa shape index (κ3) is 2.60. The number of nitrogens with zero attached hydrogens (tertiary/aromatic N) is 4. The van der Waals surface area contributed by atoms with Crippen LogP contribution in [0.25, 0.3) is 10.4 Å². The van der Waals surface area contributed by atoms with Crippen molar-refractivity contribution in [1.29, 1.82) is 0 Å². The third-order valence-electron chi connectivity index (χ3n) is 1.50. The lowest BCUT2D eigenvalue weighted by Crippen LogP contribution is -1.92. The maximum Gasteiger partial charge on any atom is 0.0407 e. The lowest BCUT2D eigenvalue weighted by atomic mass is 10.2. The normalized spacial score (nSPS) is 9.08. The summed E-state index contributed by atoms with van der Waals surface area (Å²) < 4.78 is 0. The highest BCUT2D eigenvalue weighted by Gasteiger charge is 1.92. The summed E-state index contributed by atoms with van der Waals surface area (Å²) in [7, 11) is 0. The van der Waals surface area contributed by atoms with Crippen LogP contribution in [0.1, 0.15) is 11.3 Å². The van der Waals surface area contributed by atoms with E-state index in [-0.39, 0.29) is 0 Å². The maximum absolute atomic E-state index is 8.04. The van der Waals surface area contributed by atoms with Crippen LogP contribution in [0, 0.1) is 6.92 Å². The molecule has 0 saturated carbocycles. The minimum atomic E-state index is 0.479. The van der Waals surface area contributed by atoms with Gasteiger partial charge in [0.15, 0.2) is 0 Å². The predicted octanol–water partition coefficient (Wildman–Crippen LogP) is 2.24. The molecule has 0 aliphatic rings. The van der Waals surface area contributed by atoms with Crippen LogP contribution < -0.4 is 0 Å². The molecule has 62 valence electrons. The molecule has 1 heterocycles. The highest BCUT2D eigenvalue weighted by atomic mass is 15.1. The molecule has 12 heavy (non-hydrogen) atoms. The SMILES string of the molecule is Cc1ccnc(CCN=[N+]=[N-])c1. The fourth-order valence-corrected chi connectivity index (χ4v) is 0.945. The summed E-state index contributed by atoms with van der Waals surface area (Å²) in [6.45, 7) is 2.49. The molecule has 1 rings (SSSR count).